The summed E-state index contributed by atoms with van der Waals surface area (Å²) in [5, 5.41) is 9.94. The first-order valence-electron chi connectivity index (χ1n) is 8.95. The van der Waals surface area contributed by atoms with Gasteiger partial charge in [0.05, 0.1) is 27.1 Å². The van der Waals surface area contributed by atoms with Crippen molar-refractivity contribution in [3.8, 4) is 0 Å². The van der Waals surface area contributed by atoms with Crippen molar-refractivity contribution >= 4 is 5.97 Å². The normalized spacial score (nSPS) is 14.0. The summed E-state index contributed by atoms with van der Waals surface area (Å²) in [5.74, 6) is -0.112. The van der Waals surface area contributed by atoms with E-state index in [1.54, 1.807) is 0 Å². The van der Waals surface area contributed by atoms with Crippen LogP contribution in [-0.4, -0.2) is 56.0 Å². The molecule has 0 fully saturated rings. The fraction of sp³-hybridized carbons (Fsp3) is 0.944. The van der Waals surface area contributed by atoms with Crippen LogP contribution >= 0.6 is 0 Å². The van der Waals surface area contributed by atoms with Crippen LogP contribution in [0.3, 0.4) is 0 Å². The second-order valence-corrected chi connectivity index (χ2v) is 7.45. The highest BCUT2D eigenvalue weighted by atomic mass is 35.5. The number of quaternary nitrogens is 1. The van der Waals surface area contributed by atoms with Gasteiger partial charge in [-0.1, -0.05) is 52.4 Å². The van der Waals surface area contributed by atoms with Gasteiger partial charge < -0.3 is 26.7 Å². The Kier molecular flexibility index (Phi) is 15.2. The number of hydrogen-bond acceptors (Lipinski definition) is 3. The van der Waals surface area contributed by atoms with Crippen LogP contribution in [0.1, 0.15) is 65.2 Å². The van der Waals surface area contributed by atoms with Crippen molar-refractivity contribution in [2.75, 3.05) is 34.3 Å². The van der Waals surface area contributed by atoms with Crippen LogP contribution in [0.4, 0.5) is 0 Å². The molecule has 0 bridgehead atoms. The number of carbonyl (C=O) groups is 1. The highest BCUT2D eigenvalue weighted by Crippen LogP contribution is 2.19. The van der Waals surface area contributed by atoms with Crippen LogP contribution in [0, 0.1) is 5.92 Å². The Balaban J connectivity index is 0. The van der Waals surface area contributed by atoms with Crippen LogP contribution in [0.5, 0.6) is 0 Å². The Bertz CT molecular complexity index is 292. The third kappa shape index (κ3) is 15.0. The largest absolute Gasteiger partial charge is 1.00 e. The van der Waals surface area contributed by atoms with Crippen LogP contribution in [0.2, 0.25) is 0 Å². The first-order chi connectivity index (χ1) is 10.3. The second-order valence-electron chi connectivity index (χ2n) is 7.45. The number of rotatable bonds is 13. The molecule has 0 heterocycles. The molecule has 0 amide bonds. The van der Waals surface area contributed by atoms with E-state index in [1.807, 2.05) is 21.1 Å². The van der Waals surface area contributed by atoms with E-state index in [9.17, 15) is 9.90 Å². The zero-order valence-electron chi connectivity index (χ0n) is 15.8. The number of unbranched alkanes of at least 4 members (excludes halogenated alkanes) is 4. The molecule has 0 aromatic carbocycles. The zero-order valence-corrected chi connectivity index (χ0v) is 16.6. The molecule has 0 aliphatic carbocycles. The summed E-state index contributed by atoms with van der Waals surface area (Å²) in [6, 6.07) is 0. The zero-order chi connectivity index (χ0) is 17.0. The van der Waals surface area contributed by atoms with E-state index >= 15 is 0 Å². The smallest absolute Gasteiger partial charge is 0.309 e. The SMILES string of the molecule is CCCCCCC(CCCC)C(=O)OCC(O)C[N+](C)(C)C.[Cl-]. The van der Waals surface area contributed by atoms with E-state index in [0.717, 1.165) is 32.1 Å². The Morgan fingerprint density at radius 2 is 1.57 bits per heavy atom. The Labute approximate surface area is 149 Å². The Morgan fingerprint density at radius 1 is 1.00 bits per heavy atom. The van der Waals surface area contributed by atoms with E-state index in [-0.39, 0.29) is 30.9 Å². The summed E-state index contributed by atoms with van der Waals surface area (Å²) < 4.78 is 6.03. The van der Waals surface area contributed by atoms with Gasteiger partial charge in [-0.15, -0.1) is 0 Å². The first-order valence-corrected chi connectivity index (χ1v) is 8.95. The maximum absolute atomic E-state index is 12.2. The summed E-state index contributed by atoms with van der Waals surface area (Å²) in [6.07, 6.45) is 8.14. The van der Waals surface area contributed by atoms with Gasteiger partial charge in [-0.25, -0.2) is 0 Å². The van der Waals surface area contributed by atoms with Gasteiger partial charge in [-0.2, -0.15) is 0 Å². The predicted octanol–water partition coefficient (Wildman–Crippen LogP) is 0.378. The third-order valence-corrected chi connectivity index (χ3v) is 3.82. The molecule has 2 unspecified atom stereocenters. The van der Waals surface area contributed by atoms with Gasteiger partial charge in [0.15, 0.2) is 0 Å². The lowest BCUT2D eigenvalue weighted by Gasteiger charge is -2.26. The third-order valence-electron chi connectivity index (χ3n) is 3.82. The number of carbonyl (C=O) groups excluding carboxylic acids is 1. The molecule has 23 heavy (non-hydrogen) atoms. The molecular formula is C18H38ClNO3. The molecular weight excluding hydrogens is 314 g/mol. The van der Waals surface area contributed by atoms with Gasteiger partial charge in [-0.05, 0) is 12.8 Å². The van der Waals surface area contributed by atoms with E-state index in [1.165, 1.54) is 19.3 Å². The van der Waals surface area contributed by atoms with Crippen molar-refractivity contribution in [3.05, 3.63) is 0 Å². The summed E-state index contributed by atoms with van der Waals surface area (Å²) in [4.78, 5) is 12.2. The number of nitrogens with zero attached hydrogens (tertiary/aromatic N) is 1. The molecule has 5 heteroatoms. The van der Waals surface area contributed by atoms with Gasteiger partial charge in [0.1, 0.15) is 19.3 Å². The van der Waals surface area contributed by atoms with Gasteiger partial charge in [0.25, 0.3) is 0 Å². The lowest BCUT2D eigenvalue weighted by atomic mass is 9.95. The molecule has 0 spiro atoms. The highest BCUT2D eigenvalue weighted by molar-refractivity contribution is 5.72. The fourth-order valence-electron chi connectivity index (χ4n) is 2.63. The molecule has 0 aliphatic rings. The summed E-state index contributed by atoms with van der Waals surface area (Å²) in [6.45, 7) is 5.04. The number of aliphatic hydroxyl groups is 1. The number of halogens is 1. The molecule has 0 aromatic rings. The molecule has 0 rings (SSSR count). The highest BCUT2D eigenvalue weighted by Gasteiger charge is 2.22. The van der Waals surface area contributed by atoms with Crippen molar-refractivity contribution in [1.82, 2.24) is 0 Å². The molecule has 0 radical (unpaired) electrons. The van der Waals surface area contributed by atoms with Gasteiger partial charge in [-0.3, -0.25) is 4.79 Å². The summed E-state index contributed by atoms with van der Waals surface area (Å²) in [5.41, 5.74) is 0. The number of likely N-dealkylation sites (N-methyl/N-ethyl adjacent to an activating group) is 1. The molecule has 2 atom stereocenters. The molecule has 0 saturated carbocycles. The maximum atomic E-state index is 12.2. The molecule has 0 saturated heterocycles. The minimum Gasteiger partial charge on any atom is -1.00 e. The number of aliphatic hydroxyl groups excluding tert-OH is 1. The van der Waals surface area contributed by atoms with Crippen LogP contribution in [0.25, 0.3) is 0 Å². The summed E-state index contributed by atoms with van der Waals surface area (Å²) >= 11 is 0. The summed E-state index contributed by atoms with van der Waals surface area (Å²) in [7, 11) is 6.05. The van der Waals surface area contributed by atoms with E-state index in [2.05, 4.69) is 13.8 Å². The van der Waals surface area contributed by atoms with Crippen molar-refractivity contribution in [2.24, 2.45) is 5.92 Å². The van der Waals surface area contributed by atoms with Gasteiger partial charge >= 0.3 is 5.97 Å². The molecule has 1 N–H and O–H groups in total. The monoisotopic (exact) mass is 351 g/mol. The van der Waals surface area contributed by atoms with Crippen molar-refractivity contribution in [2.45, 2.75) is 71.3 Å². The first kappa shape index (κ1) is 24.9. The van der Waals surface area contributed by atoms with Crippen LogP contribution < -0.4 is 12.4 Å². The minimum atomic E-state index is -0.587. The van der Waals surface area contributed by atoms with E-state index < -0.39 is 6.10 Å². The number of ether oxygens (including phenoxy) is 1. The number of hydrogen-bond donors (Lipinski definition) is 1. The quantitative estimate of drug-likeness (QED) is 0.296. The van der Waals surface area contributed by atoms with Crippen molar-refractivity contribution in [1.29, 1.82) is 0 Å². The van der Waals surface area contributed by atoms with E-state index in [0.29, 0.717) is 11.0 Å². The molecule has 140 valence electrons. The lowest BCUT2D eigenvalue weighted by molar-refractivity contribution is -0.873. The van der Waals surface area contributed by atoms with Gasteiger partial charge in [0, 0.05) is 0 Å². The maximum Gasteiger partial charge on any atom is 0.309 e. The average molecular weight is 352 g/mol. The number of esters is 1. The van der Waals surface area contributed by atoms with Crippen LogP contribution in [-0.2, 0) is 9.53 Å². The Hall–Kier alpha value is -0.320. The molecule has 0 aliphatic heterocycles. The second kappa shape index (κ2) is 14.1. The topological polar surface area (TPSA) is 46.5 Å². The average Bonchev–Trinajstić information content (AvgIpc) is 2.42. The standard InChI is InChI=1S/C18H38NO3.ClH/c1-6-8-10-11-13-16(12-9-7-2)18(21)22-15-17(20)14-19(3,4)5;/h16-17,20H,6-15H2,1-5H3;1H/q+1;/p-1. The van der Waals surface area contributed by atoms with Crippen molar-refractivity contribution in [3.63, 3.8) is 0 Å². The van der Waals surface area contributed by atoms with E-state index in [4.69, 9.17) is 4.74 Å². The molecule has 0 aromatic heterocycles. The van der Waals surface area contributed by atoms with Crippen molar-refractivity contribution < 1.29 is 31.5 Å². The molecule has 4 nitrogen and oxygen atoms in total. The fourth-order valence-corrected chi connectivity index (χ4v) is 2.63. The van der Waals surface area contributed by atoms with Crippen LogP contribution in [0.15, 0.2) is 0 Å². The predicted molar refractivity (Wildman–Crippen MR) is 91.6 cm³/mol. The van der Waals surface area contributed by atoms with Gasteiger partial charge in [0.2, 0.25) is 0 Å². The Morgan fingerprint density at radius 3 is 2.09 bits per heavy atom. The minimum absolute atomic E-state index is 0. The lowest BCUT2D eigenvalue weighted by Crippen LogP contribution is -3.00.